The van der Waals surface area contributed by atoms with Gasteiger partial charge in [0.2, 0.25) is 0 Å². The van der Waals surface area contributed by atoms with Crippen molar-refractivity contribution in [2.45, 2.75) is 26.3 Å². The first-order chi connectivity index (χ1) is 6.32. The van der Waals surface area contributed by atoms with Crippen molar-refractivity contribution in [3.05, 3.63) is 29.8 Å². The maximum Gasteiger partial charge on any atom is 0.149 e. The van der Waals surface area contributed by atoms with Gasteiger partial charge in [-0.3, -0.25) is 0 Å². The summed E-state index contributed by atoms with van der Waals surface area (Å²) in [4.78, 5) is 1.78. The van der Waals surface area contributed by atoms with Gasteiger partial charge in [-0.2, -0.15) is 0 Å². The number of rotatable bonds is 1. The van der Waals surface area contributed by atoms with Crippen molar-refractivity contribution in [2.75, 3.05) is 11.9 Å². The molecule has 0 amide bonds. The van der Waals surface area contributed by atoms with Crippen LogP contribution in [0, 0.1) is 11.6 Å². The molecule has 0 aromatic heterocycles. The maximum atomic E-state index is 13.3. The molecular weight excluding hydrogens is 184 g/mol. The Morgan fingerprint density at radius 3 is 2.14 bits per heavy atom. The highest BCUT2D eigenvalue weighted by Crippen LogP contribution is 2.25. The highest BCUT2D eigenvalue weighted by molar-refractivity contribution is 5.49. The molecular formula is C11H15F2N. The molecule has 1 aromatic carbocycles. The lowest BCUT2D eigenvalue weighted by Crippen LogP contribution is -2.38. The van der Waals surface area contributed by atoms with Crippen LogP contribution in [0.1, 0.15) is 20.8 Å². The van der Waals surface area contributed by atoms with E-state index >= 15 is 0 Å². The molecule has 78 valence electrons. The van der Waals surface area contributed by atoms with Gasteiger partial charge in [0.15, 0.2) is 0 Å². The monoisotopic (exact) mass is 199 g/mol. The van der Waals surface area contributed by atoms with E-state index in [1.807, 2.05) is 20.8 Å². The van der Waals surface area contributed by atoms with Crippen molar-refractivity contribution in [1.82, 2.24) is 0 Å². The highest BCUT2D eigenvalue weighted by atomic mass is 19.1. The van der Waals surface area contributed by atoms with Crippen LogP contribution >= 0.6 is 0 Å². The summed E-state index contributed by atoms with van der Waals surface area (Å²) in [5.41, 5.74) is 0.234. The SMILES string of the molecule is CN(c1ccc(F)cc1F)C(C)(C)C. The normalized spacial score (nSPS) is 11.6. The molecule has 0 atom stereocenters. The summed E-state index contributed by atoms with van der Waals surface area (Å²) in [5.74, 6) is -1.07. The number of anilines is 1. The quantitative estimate of drug-likeness (QED) is 0.671. The van der Waals surface area contributed by atoms with Crippen LogP contribution in [-0.2, 0) is 0 Å². The summed E-state index contributed by atoms with van der Waals surface area (Å²) in [7, 11) is 1.79. The molecule has 0 saturated heterocycles. The number of hydrogen-bond donors (Lipinski definition) is 0. The van der Waals surface area contributed by atoms with Gasteiger partial charge < -0.3 is 4.90 Å². The summed E-state index contributed by atoms with van der Waals surface area (Å²) >= 11 is 0. The van der Waals surface area contributed by atoms with Gasteiger partial charge in [0.1, 0.15) is 11.6 Å². The van der Waals surface area contributed by atoms with Crippen LogP contribution in [0.15, 0.2) is 18.2 Å². The van der Waals surface area contributed by atoms with Crippen LogP contribution in [0.2, 0.25) is 0 Å². The number of hydrogen-bond acceptors (Lipinski definition) is 1. The Balaban J connectivity index is 3.08. The molecule has 0 aliphatic heterocycles. The Kier molecular flexibility index (Phi) is 2.79. The van der Waals surface area contributed by atoms with Gasteiger partial charge >= 0.3 is 0 Å². The predicted molar refractivity (Wildman–Crippen MR) is 54.5 cm³/mol. The summed E-state index contributed by atoms with van der Waals surface area (Å²) < 4.78 is 26.0. The molecule has 0 radical (unpaired) electrons. The van der Waals surface area contributed by atoms with E-state index in [1.54, 1.807) is 11.9 Å². The molecule has 14 heavy (non-hydrogen) atoms. The fourth-order valence-electron chi connectivity index (χ4n) is 1.11. The molecule has 0 saturated carbocycles. The van der Waals surface area contributed by atoms with Crippen molar-refractivity contribution in [3.8, 4) is 0 Å². The number of nitrogens with zero attached hydrogens (tertiary/aromatic N) is 1. The molecule has 0 unspecified atom stereocenters. The second-order valence-electron chi connectivity index (χ2n) is 4.33. The molecule has 1 nitrogen and oxygen atoms in total. The largest absolute Gasteiger partial charge is 0.367 e. The minimum atomic E-state index is -0.548. The fraction of sp³-hybridized carbons (Fsp3) is 0.455. The third-order valence-electron chi connectivity index (χ3n) is 2.28. The second kappa shape index (κ2) is 3.56. The first-order valence-corrected chi connectivity index (χ1v) is 4.51. The highest BCUT2D eigenvalue weighted by Gasteiger charge is 2.20. The second-order valence-corrected chi connectivity index (χ2v) is 4.33. The number of halogens is 2. The topological polar surface area (TPSA) is 3.24 Å². The molecule has 0 N–H and O–H groups in total. The van der Waals surface area contributed by atoms with Gasteiger partial charge in [-0.05, 0) is 32.9 Å². The van der Waals surface area contributed by atoms with Crippen molar-refractivity contribution in [1.29, 1.82) is 0 Å². The smallest absolute Gasteiger partial charge is 0.149 e. The van der Waals surface area contributed by atoms with E-state index in [0.717, 1.165) is 6.07 Å². The molecule has 3 heteroatoms. The van der Waals surface area contributed by atoms with Gasteiger partial charge in [-0.25, -0.2) is 8.78 Å². The number of benzene rings is 1. The summed E-state index contributed by atoms with van der Waals surface area (Å²) in [6.07, 6.45) is 0. The molecule has 0 fully saturated rings. The van der Waals surface area contributed by atoms with E-state index in [-0.39, 0.29) is 5.54 Å². The van der Waals surface area contributed by atoms with Crippen LogP contribution in [0.25, 0.3) is 0 Å². The van der Waals surface area contributed by atoms with Gasteiger partial charge in [0, 0.05) is 18.7 Å². The summed E-state index contributed by atoms with van der Waals surface area (Å²) in [6.45, 7) is 5.90. The van der Waals surface area contributed by atoms with E-state index in [1.165, 1.54) is 12.1 Å². The molecule has 0 aliphatic rings. The zero-order valence-corrected chi connectivity index (χ0v) is 8.94. The minimum absolute atomic E-state index is 0.182. The molecule has 0 spiro atoms. The summed E-state index contributed by atoms with van der Waals surface area (Å²) in [6, 6.07) is 3.62. The predicted octanol–water partition coefficient (Wildman–Crippen LogP) is 3.20. The lowest BCUT2D eigenvalue weighted by molar-refractivity contribution is 0.517. The Bertz CT molecular complexity index is 329. The van der Waals surface area contributed by atoms with Gasteiger partial charge in [-0.1, -0.05) is 0 Å². The third-order valence-corrected chi connectivity index (χ3v) is 2.28. The molecule has 1 rings (SSSR count). The van der Waals surface area contributed by atoms with Crippen molar-refractivity contribution in [2.24, 2.45) is 0 Å². The average Bonchev–Trinajstić information content (AvgIpc) is 2.01. The van der Waals surface area contributed by atoms with Crippen LogP contribution in [0.5, 0.6) is 0 Å². The van der Waals surface area contributed by atoms with Crippen molar-refractivity contribution in [3.63, 3.8) is 0 Å². The van der Waals surface area contributed by atoms with Crippen LogP contribution in [-0.4, -0.2) is 12.6 Å². The maximum absolute atomic E-state index is 13.3. The first-order valence-electron chi connectivity index (χ1n) is 4.51. The van der Waals surface area contributed by atoms with Gasteiger partial charge in [0.05, 0.1) is 5.69 Å². The Morgan fingerprint density at radius 2 is 1.71 bits per heavy atom. The average molecular weight is 199 g/mol. The fourth-order valence-corrected chi connectivity index (χ4v) is 1.11. The van der Waals surface area contributed by atoms with E-state index in [2.05, 4.69) is 0 Å². The zero-order valence-electron chi connectivity index (χ0n) is 8.94. The molecule has 1 aromatic rings. The van der Waals surface area contributed by atoms with Gasteiger partial charge in [0.25, 0.3) is 0 Å². The Hall–Kier alpha value is -1.12. The summed E-state index contributed by atoms with van der Waals surface area (Å²) in [5, 5.41) is 0. The van der Waals surface area contributed by atoms with E-state index in [0.29, 0.717) is 5.69 Å². The lowest BCUT2D eigenvalue weighted by atomic mass is 10.1. The van der Waals surface area contributed by atoms with Gasteiger partial charge in [-0.15, -0.1) is 0 Å². The van der Waals surface area contributed by atoms with E-state index < -0.39 is 11.6 Å². The molecule has 0 heterocycles. The van der Waals surface area contributed by atoms with E-state index in [9.17, 15) is 8.78 Å². The molecule has 0 bridgehead atoms. The van der Waals surface area contributed by atoms with Crippen LogP contribution < -0.4 is 4.90 Å². The van der Waals surface area contributed by atoms with Crippen molar-refractivity contribution >= 4 is 5.69 Å². The van der Waals surface area contributed by atoms with Crippen LogP contribution in [0.4, 0.5) is 14.5 Å². The minimum Gasteiger partial charge on any atom is -0.367 e. The third kappa shape index (κ3) is 2.22. The Labute approximate surface area is 83.3 Å². The Morgan fingerprint density at radius 1 is 1.14 bits per heavy atom. The first kappa shape index (κ1) is 11.0. The van der Waals surface area contributed by atoms with E-state index in [4.69, 9.17) is 0 Å². The van der Waals surface area contributed by atoms with Crippen LogP contribution in [0.3, 0.4) is 0 Å². The standard InChI is InChI=1S/C11H15F2N/c1-11(2,3)14(4)10-6-5-8(12)7-9(10)13/h5-7H,1-4H3. The van der Waals surface area contributed by atoms with Crippen molar-refractivity contribution < 1.29 is 8.78 Å². The zero-order chi connectivity index (χ0) is 10.9. The lowest BCUT2D eigenvalue weighted by Gasteiger charge is -2.34. The molecule has 0 aliphatic carbocycles.